The molecule has 0 saturated carbocycles. The van der Waals surface area contributed by atoms with Crippen molar-refractivity contribution in [1.82, 2.24) is 34.6 Å². The minimum Gasteiger partial charge on any atom is -0.387 e. The largest absolute Gasteiger partial charge is 0.387 e. The number of ether oxygens (including phenoxy) is 1. The fraction of sp³-hybridized carbons (Fsp3) is 0.348. The van der Waals surface area contributed by atoms with Crippen molar-refractivity contribution >= 4 is 28.6 Å². The fourth-order valence-electron chi connectivity index (χ4n) is 4.31. The van der Waals surface area contributed by atoms with E-state index in [0.717, 1.165) is 12.1 Å². The van der Waals surface area contributed by atoms with E-state index in [9.17, 15) is 15.0 Å². The molecule has 1 fully saturated rings. The predicted octanol–water partition coefficient (Wildman–Crippen LogP) is 0.176. The number of anilines is 2. The van der Waals surface area contributed by atoms with Crippen molar-refractivity contribution in [1.29, 1.82) is 0 Å². The maximum absolute atomic E-state index is 12.9. The number of rotatable bonds is 7. The molecular weight excluding hydrogens is 466 g/mol. The summed E-state index contributed by atoms with van der Waals surface area (Å²) < 4.78 is 9.08. The average Bonchev–Trinajstić information content (AvgIpc) is 3.55. The van der Waals surface area contributed by atoms with Gasteiger partial charge in [-0.25, -0.2) is 15.0 Å². The zero-order chi connectivity index (χ0) is 25.4. The van der Waals surface area contributed by atoms with Crippen LogP contribution < -0.4 is 16.4 Å². The molecule has 1 saturated heterocycles. The molecule has 4 atom stereocenters. The van der Waals surface area contributed by atoms with Gasteiger partial charge in [0, 0.05) is 44.3 Å². The first kappa shape index (κ1) is 23.7. The van der Waals surface area contributed by atoms with Crippen molar-refractivity contribution in [2.75, 3.05) is 17.6 Å². The van der Waals surface area contributed by atoms with E-state index in [2.05, 4.69) is 30.7 Å². The van der Waals surface area contributed by atoms with Gasteiger partial charge in [-0.3, -0.25) is 9.48 Å². The molecule has 1 aliphatic rings. The van der Waals surface area contributed by atoms with Crippen molar-refractivity contribution < 1.29 is 19.7 Å². The number of fused-ring (bicyclic) bond motifs is 1. The summed E-state index contributed by atoms with van der Waals surface area (Å²) in [6.07, 6.45) is 1.16. The molecule has 5 heterocycles. The number of nitrogen functional groups attached to an aromatic ring is 1. The van der Waals surface area contributed by atoms with Crippen LogP contribution in [0.4, 0.5) is 11.6 Å². The molecule has 13 heteroatoms. The van der Waals surface area contributed by atoms with Crippen molar-refractivity contribution in [2.24, 2.45) is 7.05 Å². The van der Waals surface area contributed by atoms with Crippen molar-refractivity contribution in [2.45, 2.75) is 38.0 Å². The van der Waals surface area contributed by atoms with Gasteiger partial charge in [0.05, 0.1) is 11.1 Å². The SMILES string of the molecule is CCNc1cc(CNC(=O)[C@H]2O[C@@H](n3cc(-c4ccn(C)n4)c4c(N)ncnc43)[C@H](O)[C@@H]2O)ccn1. The summed E-state index contributed by atoms with van der Waals surface area (Å²) in [5.74, 6) is 0.374. The standard InChI is InChI=1S/C23H27N9O4/c1-3-25-15-8-12(4-6-26-15)9-27-22(35)19-17(33)18(34)23(36-19)32-10-13(14-5-7-31(2)30-14)16-20(24)28-11-29-21(16)32/h4-8,10-11,17-19,23,33-34H,3,9H2,1-2H3,(H,25,26)(H,27,35)(H2,24,28,29)/t17-,18+,19-,23+/m0/s1. The maximum atomic E-state index is 12.9. The summed E-state index contributed by atoms with van der Waals surface area (Å²) in [5, 5.41) is 32.3. The second-order valence-corrected chi connectivity index (χ2v) is 8.51. The van der Waals surface area contributed by atoms with Crippen LogP contribution in [-0.4, -0.2) is 70.3 Å². The number of amides is 1. The van der Waals surface area contributed by atoms with Crippen molar-refractivity contribution in [3.05, 3.63) is 48.7 Å². The van der Waals surface area contributed by atoms with Crippen LogP contribution in [0.5, 0.6) is 0 Å². The van der Waals surface area contributed by atoms with Gasteiger partial charge in [0.15, 0.2) is 12.3 Å². The molecule has 0 bridgehead atoms. The lowest BCUT2D eigenvalue weighted by atomic mass is 10.1. The topological polar surface area (TPSA) is 178 Å². The van der Waals surface area contributed by atoms with E-state index in [-0.39, 0.29) is 12.4 Å². The molecule has 4 aromatic heterocycles. The molecule has 36 heavy (non-hydrogen) atoms. The number of nitrogens with two attached hydrogens (primary N) is 1. The van der Waals surface area contributed by atoms with Crippen LogP contribution in [0.2, 0.25) is 0 Å². The number of pyridine rings is 1. The van der Waals surface area contributed by atoms with E-state index in [4.69, 9.17) is 10.5 Å². The summed E-state index contributed by atoms with van der Waals surface area (Å²) in [6.45, 7) is 2.88. The Morgan fingerprint density at radius 2 is 2.06 bits per heavy atom. The highest BCUT2D eigenvalue weighted by Crippen LogP contribution is 2.37. The number of carbonyl (C=O) groups is 1. The van der Waals surface area contributed by atoms with Crippen LogP contribution >= 0.6 is 0 Å². The lowest BCUT2D eigenvalue weighted by Gasteiger charge is -2.17. The molecule has 188 valence electrons. The Hall–Kier alpha value is -4.07. The van der Waals surface area contributed by atoms with Crippen LogP contribution in [-0.2, 0) is 23.1 Å². The van der Waals surface area contributed by atoms with Gasteiger partial charge in [-0.1, -0.05) is 0 Å². The first-order valence-corrected chi connectivity index (χ1v) is 11.5. The highest BCUT2D eigenvalue weighted by atomic mass is 16.6. The molecule has 1 aliphatic heterocycles. The van der Waals surface area contributed by atoms with Crippen LogP contribution in [0.3, 0.4) is 0 Å². The number of aromatic nitrogens is 6. The average molecular weight is 494 g/mol. The van der Waals surface area contributed by atoms with Crippen molar-refractivity contribution in [3.8, 4) is 11.3 Å². The highest BCUT2D eigenvalue weighted by Gasteiger charge is 2.47. The zero-order valence-corrected chi connectivity index (χ0v) is 19.7. The third-order valence-corrected chi connectivity index (χ3v) is 6.05. The molecule has 1 amide bonds. The Balaban J connectivity index is 1.39. The van der Waals surface area contributed by atoms with Crippen LogP contribution in [0.25, 0.3) is 22.3 Å². The smallest absolute Gasteiger partial charge is 0.252 e. The van der Waals surface area contributed by atoms with Crippen LogP contribution in [0.15, 0.2) is 43.1 Å². The Morgan fingerprint density at radius 3 is 2.81 bits per heavy atom. The normalized spacial score (nSPS) is 21.7. The van der Waals surface area contributed by atoms with Gasteiger partial charge in [0.1, 0.15) is 35.8 Å². The van der Waals surface area contributed by atoms with Gasteiger partial charge in [0.25, 0.3) is 5.91 Å². The number of aliphatic hydroxyl groups excluding tert-OH is 2. The molecule has 0 unspecified atom stereocenters. The van der Waals surface area contributed by atoms with E-state index in [0.29, 0.717) is 28.1 Å². The van der Waals surface area contributed by atoms with Gasteiger partial charge in [-0.15, -0.1) is 0 Å². The number of nitrogens with one attached hydrogen (secondary N) is 2. The number of hydrogen-bond donors (Lipinski definition) is 5. The third kappa shape index (κ3) is 4.23. The Kier molecular flexibility index (Phi) is 6.26. The van der Waals surface area contributed by atoms with E-state index in [1.54, 1.807) is 41.0 Å². The van der Waals surface area contributed by atoms with Crippen LogP contribution in [0, 0.1) is 0 Å². The first-order valence-electron chi connectivity index (χ1n) is 11.5. The number of hydrogen-bond acceptors (Lipinski definition) is 10. The number of nitrogens with zero attached hydrogens (tertiary/aromatic N) is 6. The Labute approximate surface area is 205 Å². The second-order valence-electron chi connectivity index (χ2n) is 8.51. The quantitative estimate of drug-likeness (QED) is 0.238. The monoisotopic (exact) mass is 493 g/mol. The summed E-state index contributed by atoms with van der Waals surface area (Å²) in [6, 6.07) is 5.41. The van der Waals surface area contributed by atoms with Gasteiger partial charge in [-0.05, 0) is 30.7 Å². The van der Waals surface area contributed by atoms with Gasteiger partial charge in [0.2, 0.25) is 0 Å². The summed E-state index contributed by atoms with van der Waals surface area (Å²) >= 11 is 0. The predicted molar refractivity (Wildman–Crippen MR) is 130 cm³/mol. The minimum absolute atomic E-state index is 0.202. The highest BCUT2D eigenvalue weighted by molar-refractivity contribution is 5.99. The van der Waals surface area contributed by atoms with E-state index < -0.39 is 30.4 Å². The van der Waals surface area contributed by atoms with Crippen molar-refractivity contribution in [3.63, 3.8) is 0 Å². The zero-order valence-electron chi connectivity index (χ0n) is 19.7. The number of aliphatic hydroxyl groups is 2. The van der Waals surface area contributed by atoms with Gasteiger partial charge >= 0.3 is 0 Å². The molecule has 0 spiro atoms. The number of carbonyl (C=O) groups excluding carboxylic acids is 1. The molecule has 6 N–H and O–H groups in total. The number of aryl methyl sites for hydroxylation is 1. The Bertz CT molecular complexity index is 1400. The molecule has 5 rings (SSSR count). The molecule has 13 nitrogen and oxygen atoms in total. The maximum Gasteiger partial charge on any atom is 0.252 e. The molecule has 0 aliphatic carbocycles. The Morgan fingerprint density at radius 1 is 1.22 bits per heavy atom. The first-order chi connectivity index (χ1) is 17.4. The summed E-state index contributed by atoms with van der Waals surface area (Å²) in [4.78, 5) is 25.5. The van der Waals surface area contributed by atoms with Crippen LogP contribution in [0.1, 0.15) is 18.7 Å². The lowest BCUT2D eigenvalue weighted by Crippen LogP contribution is -2.42. The molecule has 4 aromatic rings. The minimum atomic E-state index is -1.46. The lowest BCUT2D eigenvalue weighted by molar-refractivity contribution is -0.137. The molecular formula is C23H27N9O4. The van der Waals surface area contributed by atoms with E-state index in [1.807, 2.05) is 19.1 Å². The van der Waals surface area contributed by atoms with Gasteiger partial charge in [-0.2, -0.15) is 5.10 Å². The van der Waals surface area contributed by atoms with E-state index >= 15 is 0 Å². The summed E-state index contributed by atoms with van der Waals surface area (Å²) in [7, 11) is 1.79. The fourth-order valence-corrected chi connectivity index (χ4v) is 4.31. The summed E-state index contributed by atoms with van der Waals surface area (Å²) in [5.41, 5.74) is 8.61. The van der Waals surface area contributed by atoms with Gasteiger partial charge < -0.3 is 35.9 Å². The molecule has 0 radical (unpaired) electrons. The third-order valence-electron chi connectivity index (χ3n) is 6.05. The van der Waals surface area contributed by atoms with E-state index in [1.165, 1.54) is 6.33 Å². The molecule has 0 aromatic carbocycles. The second kappa shape index (κ2) is 9.53.